The van der Waals surface area contributed by atoms with Gasteiger partial charge in [0, 0.05) is 40.4 Å². The van der Waals surface area contributed by atoms with Crippen molar-refractivity contribution in [3.05, 3.63) is 96.1 Å². The summed E-state index contributed by atoms with van der Waals surface area (Å²) in [6.45, 7) is 5.03. The van der Waals surface area contributed by atoms with Crippen molar-refractivity contribution in [2.75, 3.05) is 16.4 Å². The Bertz CT molecular complexity index is 1720. The van der Waals surface area contributed by atoms with Gasteiger partial charge in [-0.25, -0.2) is 0 Å². The molecule has 3 heterocycles. The van der Waals surface area contributed by atoms with E-state index >= 15 is 4.11 Å². The van der Waals surface area contributed by atoms with Crippen LogP contribution in [0.4, 0.5) is 26.9 Å². The fraction of sp³-hybridized carbons (Fsp3) is 0.273. The average molecular weight is 567 g/mol. The molecule has 3 aliphatic rings. The Morgan fingerprint density at radius 1 is 0.902 bits per heavy atom. The minimum atomic E-state index is -3.33. The molecule has 3 aliphatic heterocycles. The summed E-state index contributed by atoms with van der Waals surface area (Å²) in [6.07, 6.45) is -0.364. The van der Waals surface area contributed by atoms with Crippen molar-refractivity contribution >= 4 is 53.7 Å². The van der Waals surface area contributed by atoms with Crippen LogP contribution in [-0.2, 0) is 15.1 Å². The number of para-hydroxylation sites is 1. The van der Waals surface area contributed by atoms with E-state index in [-0.39, 0.29) is 24.8 Å². The summed E-state index contributed by atoms with van der Waals surface area (Å²) in [6, 6.07) is 26.5. The number of amides is 2. The first-order valence-corrected chi connectivity index (χ1v) is 17.0. The first-order chi connectivity index (χ1) is 19.7. The van der Waals surface area contributed by atoms with Crippen LogP contribution in [0, 0.1) is 5.92 Å². The lowest BCUT2D eigenvalue weighted by atomic mass is 9.82. The quantitative estimate of drug-likeness (QED) is 0.209. The van der Waals surface area contributed by atoms with Gasteiger partial charge >= 0.3 is 0 Å². The zero-order valence-electron chi connectivity index (χ0n) is 23.2. The normalized spacial score (nSPS) is 25.1. The van der Waals surface area contributed by atoms with Gasteiger partial charge in [-0.1, -0.05) is 49.4 Å². The highest BCUT2D eigenvalue weighted by molar-refractivity contribution is 6.72. The average Bonchev–Trinajstić information content (AvgIpc) is 3.51. The number of halogens is 1. The van der Waals surface area contributed by atoms with E-state index in [4.69, 9.17) is 4.74 Å². The molecule has 2 amide bonds. The summed E-state index contributed by atoms with van der Waals surface area (Å²) in [5.74, 6) is -0.898. The van der Waals surface area contributed by atoms with E-state index < -0.39 is 31.6 Å². The standard InChI is InChI=1S/C33H31FN2O4Si/c1-20-30(41(2,3)34)28(17-18-37)40-33(20)25-19-23(15-16-26(25)36(32(33)39)22-11-5-4-6-12-22)35-27-14-8-10-21-9-7-13-24(29(21)27)31(35)38/h4-16,19-20,28,30,37H,17-18H2,1-3H3/t20-,28+,30-,33+/m1/s1. The molecule has 208 valence electrons. The number of benzene rings is 4. The van der Waals surface area contributed by atoms with Gasteiger partial charge in [0.1, 0.15) is 0 Å². The number of anilines is 4. The first-order valence-electron chi connectivity index (χ1n) is 14.1. The molecule has 4 atom stereocenters. The van der Waals surface area contributed by atoms with E-state index in [2.05, 4.69) is 0 Å². The van der Waals surface area contributed by atoms with Crippen molar-refractivity contribution in [3.8, 4) is 0 Å². The Morgan fingerprint density at radius 3 is 2.34 bits per heavy atom. The third-order valence-corrected chi connectivity index (χ3v) is 11.6. The Balaban J connectivity index is 1.44. The van der Waals surface area contributed by atoms with Crippen LogP contribution in [0.5, 0.6) is 0 Å². The number of hydrogen-bond donors (Lipinski definition) is 1. The number of carbonyl (C=O) groups excluding carboxylic acids is 2. The number of carbonyl (C=O) groups is 2. The Morgan fingerprint density at radius 2 is 1.63 bits per heavy atom. The van der Waals surface area contributed by atoms with E-state index in [9.17, 15) is 14.7 Å². The van der Waals surface area contributed by atoms with Crippen LogP contribution in [0.25, 0.3) is 10.8 Å². The van der Waals surface area contributed by atoms with Gasteiger partial charge in [0.2, 0.25) is 8.41 Å². The van der Waals surface area contributed by atoms with Gasteiger partial charge < -0.3 is 14.0 Å². The van der Waals surface area contributed by atoms with Gasteiger partial charge in [-0.15, -0.1) is 0 Å². The number of fused-ring (bicyclic) bond motifs is 2. The highest BCUT2D eigenvalue weighted by Gasteiger charge is 2.67. The minimum Gasteiger partial charge on any atom is -0.396 e. The van der Waals surface area contributed by atoms with Crippen molar-refractivity contribution in [2.24, 2.45) is 5.92 Å². The van der Waals surface area contributed by atoms with Crippen LogP contribution in [0.2, 0.25) is 18.6 Å². The third kappa shape index (κ3) is 3.54. The van der Waals surface area contributed by atoms with Crippen molar-refractivity contribution in [2.45, 2.75) is 43.7 Å². The number of aliphatic hydroxyl groups excluding tert-OH is 1. The summed E-state index contributed by atoms with van der Waals surface area (Å²) < 4.78 is 22.6. The molecule has 4 aromatic carbocycles. The molecular formula is C33H31FN2O4Si. The van der Waals surface area contributed by atoms with Crippen LogP contribution in [0.1, 0.15) is 29.3 Å². The van der Waals surface area contributed by atoms with Gasteiger partial charge in [0.15, 0.2) is 5.60 Å². The Labute approximate surface area is 239 Å². The summed E-state index contributed by atoms with van der Waals surface area (Å²) >= 11 is 0. The predicted molar refractivity (Wildman–Crippen MR) is 160 cm³/mol. The zero-order chi connectivity index (χ0) is 28.7. The second-order valence-corrected chi connectivity index (χ2v) is 15.6. The zero-order valence-corrected chi connectivity index (χ0v) is 24.2. The van der Waals surface area contributed by atoms with Crippen molar-refractivity contribution in [1.29, 1.82) is 0 Å². The molecule has 0 radical (unpaired) electrons. The highest BCUT2D eigenvalue weighted by Crippen LogP contribution is 2.61. The number of rotatable bonds is 5. The molecule has 1 fully saturated rings. The number of aliphatic hydroxyl groups is 1. The van der Waals surface area contributed by atoms with Crippen LogP contribution in [-0.4, -0.2) is 38.0 Å². The van der Waals surface area contributed by atoms with E-state index in [1.54, 1.807) is 22.9 Å². The maximum atomic E-state index is 15.9. The van der Waals surface area contributed by atoms with Gasteiger partial charge in [0.25, 0.3) is 11.8 Å². The van der Waals surface area contributed by atoms with Crippen molar-refractivity contribution in [1.82, 2.24) is 0 Å². The lowest BCUT2D eigenvalue weighted by Gasteiger charge is -2.31. The first kappa shape index (κ1) is 26.1. The largest absolute Gasteiger partial charge is 0.396 e. The second-order valence-electron chi connectivity index (χ2n) is 11.8. The monoisotopic (exact) mass is 566 g/mol. The third-order valence-electron chi connectivity index (χ3n) is 9.10. The fourth-order valence-corrected chi connectivity index (χ4v) is 10.0. The van der Waals surface area contributed by atoms with E-state index in [0.29, 0.717) is 28.2 Å². The molecule has 7 rings (SSSR count). The maximum Gasteiger partial charge on any atom is 0.268 e. The summed E-state index contributed by atoms with van der Waals surface area (Å²) in [7, 11) is -3.33. The topological polar surface area (TPSA) is 70.1 Å². The Kier molecular flexibility index (Phi) is 5.77. The molecule has 0 bridgehead atoms. The summed E-state index contributed by atoms with van der Waals surface area (Å²) in [5.41, 5.74) is 2.05. The molecular weight excluding hydrogens is 535 g/mol. The van der Waals surface area contributed by atoms with Crippen molar-refractivity contribution in [3.63, 3.8) is 0 Å². The molecule has 0 aliphatic carbocycles. The van der Waals surface area contributed by atoms with Crippen LogP contribution in [0.3, 0.4) is 0 Å². The second kappa shape index (κ2) is 9.07. The molecule has 1 saturated heterocycles. The summed E-state index contributed by atoms with van der Waals surface area (Å²) in [5, 5.41) is 11.7. The molecule has 1 N–H and O–H groups in total. The van der Waals surface area contributed by atoms with Crippen LogP contribution < -0.4 is 9.80 Å². The fourth-order valence-electron chi connectivity index (χ4n) is 7.50. The van der Waals surface area contributed by atoms with E-state index in [1.165, 1.54) is 0 Å². The smallest absolute Gasteiger partial charge is 0.268 e. The van der Waals surface area contributed by atoms with Gasteiger partial charge in [-0.3, -0.25) is 19.4 Å². The molecule has 6 nitrogen and oxygen atoms in total. The SMILES string of the molecule is C[C@@H]1[C@@H]([Si](C)(C)F)[C@H](CCO)O[C@@]12C(=O)N(c1ccccc1)c1ccc(N3C(=O)c4cccc5cccc3c45)cc12. The van der Waals surface area contributed by atoms with Crippen LogP contribution in [0.15, 0.2) is 84.9 Å². The molecule has 4 aromatic rings. The molecule has 0 unspecified atom stereocenters. The van der Waals surface area contributed by atoms with E-state index in [0.717, 1.165) is 16.5 Å². The number of hydrogen-bond acceptors (Lipinski definition) is 4. The Hall–Kier alpha value is -3.85. The van der Waals surface area contributed by atoms with Gasteiger partial charge in [-0.05, 0) is 67.4 Å². The molecule has 1 spiro atoms. The maximum absolute atomic E-state index is 15.9. The van der Waals surface area contributed by atoms with E-state index in [1.807, 2.05) is 91.9 Å². The van der Waals surface area contributed by atoms with Crippen molar-refractivity contribution < 1.29 is 23.5 Å². The van der Waals surface area contributed by atoms with Crippen LogP contribution >= 0.6 is 0 Å². The predicted octanol–water partition coefficient (Wildman–Crippen LogP) is 6.97. The lowest BCUT2D eigenvalue weighted by molar-refractivity contribution is -0.145. The van der Waals surface area contributed by atoms with Gasteiger partial charge in [-0.2, -0.15) is 0 Å². The molecule has 41 heavy (non-hydrogen) atoms. The molecule has 0 aromatic heterocycles. The molecule has 8 heteroatoms. The molecule has 0 saturated carbocycles. The number of nitrogens with zero attached hydrogens (tertiary/aromatic N) is 2. The lowest BCUT2D eigenvalue weighted by Crippen LogP contribution is -2.44. The van der Waals surface area contributed by atoms with Gasteiger partial charge in [0.05, 0.1) is 23.0 Å². The minimum absolute atomic E-state index is 0.135. The number of ether oxygens (including phenoxy) is 1. The summed E-state index contributed by atoms with van der Waals surface area (Å²) in [4.78, 5) is 31.7. The highest BCUT2D eigenvalue weighted by atomic mass is 28.4.